The van der Waals surface area contributed by atoms with E-state index in [1.807, 2.05) is 0 Å². The van der Waals surface area contributed by atoms with E-state index in [2.05, 4.69) is 13.0 Å². The number of piperidine rings is 1. The summed E-state index contributed by atoms with van der Waals surface area (Å²) in [7, 11) is -3.58. The smallest absolute Gasteiger partial charge is 0.243 e. The lowest BCUT2D eigenvalue weighted by Gasteiger charge is -2.36. The zero-order valence-corrected chi connectivity index (χ0v) is 16.8. The summed E-state index contributed by atoms with van der Waals surface area (Å²) < 4.78 is 39.0. The molecule has 7 heteroatoms. The van der Waals surface area contributed by atoms with Gasteiger partial charge in [0.15, 0.2) is 5.79 Å². The quantitative estimate of drug-likeness (QED) is 0.666. The van der Waals surface area contributed by atoms with Gasteiger partial charge in [0, 0.05) is 25.9 Å². The van der Waals surface area contributed by atoms with Gasteiger partial charge >= 0.3 is 0 Å². The molecule has 0 aromatic heterocycles. The van der Waals surface area contributed by atoms with Crippen LogP contribution in [0.4, 0.5) is 0 Å². The van der Waals surface area contributed by atoms with Crippen LogP contribution >= 0.6 is 0 Å². The van der Waals surface area contributed by atoms with E-state index in [-0.39, 0.29) is 4.90 Å². The van der Waals surface area contributed by atoms with Gasteiger partial charge in [-0.2, -0.15) is 9.57 Å². The third kappa shape index (κ3) is 4.52. The molecule has 0 N–H and O–H groups in total. The summed E-state index contributed by atoms with van der Waals surface area (Å²) in [5, 5.41) is 9.34. The maximum Gasteiger partial charge on any atom is 0.243 e. The molecular weight excluding hydrogens is 364 g/mol. The van der Waals surface area contributed by atoms with E-state index in [0.717, 1.165) is 37.7 Å². The maximum absolute atomic E-state index is 13.1. The molecule has 2 fully saturated rings. The molecule has 1 aromatic rings. The first-order chi connectivity index (χ1) is 13.0. The van der Waals surface area contributed by atoms with Crippen LogP contribution in [0.3, 0.4) is 0 Å². The molecule has 2 saturated heterocycles. The zero-order chi connectivity index (χ0) is 19.3. The number of unbranched alkanes of at least 4 members (excludes halogenated alkanes) is 3. The standard InChI is InChI=1S/C20H28N2O4S/c1-2-3-4-5-6-17-15-19(8-7-18(17)16-21)27(23,24)22-11-9-20(10-12-22)25-13-14-26-20/h7-8,15H,2-6,9-14H2,1H3. The SMILES string of the molecule is CCCCCCc1cc(S(=O)(=O)N2CCC3(CC2)OCCO3)ccc1C#N. The summed E-state index contributed by atoms with van der Waals surface area (Å²) in [6, 6.07) is 7.06. The van der Waals surface area contributed by atoms with Crippen molar-refractivity contribution in [2.75, 3.05) is 26.3 Å². The summed E-state index contributed by atoms with van der Waals surface area (Å²) in [6.07, 6.45) is 6.18. The van der Waals surface area contributed by atoms with Gasteiger partial charge in [0.2, 0.25) is 10.0 Å². The minimum Gasteiger partial charge on any atom is -0.347 e. The van der Waals surface area contributed by atoms with E-state index in [4.69, 9.17) is 9.47 Å². The van der Waals surface area contributed by atoms with Crippen molar-refractivity contribution in [1.29, 1.82) is 5.26 Å². The van der Waals surface area contributed by atoms with Crippen molar-refractivity contribution in [2.45, 2.75) is 62.6 Å². The van der Waals surface area contributed by atoms with Gasteiger partial charge in [-0.05, 0) is 36.6 Å². The minimum atomic E-state index is -3.58. The van der Waals surface area contributed by atoms with Crippen molar-refractivity contribution < 1.29 is 17.9 Å². The average molecular weight is 393 g/mol. The van der Waals surface area contributed by atoms with E-state index in [0.29, 0.717) is 44.7 Å². The molecule has 3 rings (SSSR count). The lowest BCUT2D eigenvalue weighted by molar-refractivity contribution is -0.179. The average Bonchev–Trinajstić information content (AvgIpc) is 3.13. The molecular formula is C20H28N2O4S. The normalized spacial score (nSPS) is 20.0. The monoisotopic (exact) mass is 392 g/mol. The molecule has 0 atom stereocenters. The highest BCUT2D eigenvalue weighted by Crippen LogP contribution is 2.33. The second-order valence-electron chi connectivity index (χ2n) is 7.25. The first kappa shape index (κ1) is 20.3. The number of sulfonamides is 1. The van der Waals surface area contributed by atoms with Gasteiger partial charge in [0.1, 0.15) is 0 Å². The summed E-state index contributed by atoms with van der Waals surface area (Å²) in [5.41, 5.74) is 1.39. The Morgan fingerprint density at radius 3 is 2.48 bits per heavy atom. The van der Waals surface area contributed by atoms with Crippen LogP contribution in [0.5, 0.6) is 0 Å². The Bertz CT molecular complexity index is 785. The summed E-state index contributed by atoms with van der Waals surface area (Å²) in [5.74, 6) is -0.596. The fourth-order valence-corrected chi connectivity index (χ4v) is 5.28. The predicted octanol–water partition coefficient (Wildman–Crippen LogP) is 3.21. The number of hydrogen-bond donors (Lipinski definition) is 0. The molecule has 2 aliphatic rings. The van der Waals surface area contributed by atoms with Gasteiger partial charge < -0.3 is 9.47 Å². The molecule has 0 aliphatic carbocycles. The Labute approximate surface area is 162 Å². The minimum absolute atomic E-state index is 0.274. The van der Waals surface area contributed by atoms with E-state index in [9.17, 15) is 13.7 Å². The van der Waals surface area contributed by atoms with Crippen LogP contribution < -0.4 is 0 Å². The summed E-state index contributed by atoms with van der Waals surface area (Å²) in [6.45, 7) is 4.06. The van der Waals surface area contributed by atoms with E-state index < -0.39 is 15.8 Å². The van der Waals surface area contributed by atoms with Gasteiger partial charge in [-0.15, -0.1) is 0 Å². The Hall–Kier alpha value is -1.46. The number of nitrogens with zero attached hydrogens (tertiary/aromatic N) is 2. The maximum atomic E-state index is 13.1. The Morgan fingerprint density at radius 2 is 1.85 bits per heavy atom. The van der Waals surface area contributed by atoms with Crippen molar-refractivity contribution in [2.24, 2.45) is 0 Å². The molecule has 1 aromatic carbocycles. The van der Waals surface area contributed by atoms with Crippen LogP contribution in [-0.4, -0.2) is 44.8 Å². The fraction of sp³-hybridized carbons (Fsp3) is 0.650. The van der Waals surface area contributed by atoms with Crippen molar-refractivity contribution in [3.63, 3.8) is 0 Å². The summed E-state index contributed by atoms with van der Waals surface area (Å²) >= 11 is 0. The summed E-state index contributed by atoms with van der Waals surface area (Å²) in [4.78, 5) is 0.274. The number of ether oxygens (including phenoxy) is 2. The van der Waals surface area contributed by atoms with Crippen molar-refractivity contribution in [1.82, 2.24) is 4.31 Å². The van der Waals surface area contributed by atoms with Crippen molar-refractivity contribution in [3.05, 3.63) is 29.3 Å². The molecule has 0 saturated carbocycles. The molecule has 0 bridgehead atoms. The van der Waals surface area contributed by atoms with Gasteiger partial charge in [-0.25, -0.2) is 8.42 Å². The first-order valence-corrected chi connectivity index (χ1v) is 11.3. The molecule has 0 radical (unpaired) electrons. The third-order valence-electron chi connectivity index (χ3n) is 5.43. The van der Waals surface area contributed by atoms with E-state index in [1.54, 1.807) is 18.2 Å². The number of rotatable bonds is 7. The van der Waals surface area contributed by atoms with Crippen LogP contribution in [0.15, 0.2) is 23.1 Å². The van der Waals surface area contributed by atoms with Crippen molar-refractivity contribution in [3.8, 4) is 6.07 Å². The van der Waals surface area contributed by atoms with E-state index >= 15 is 0 Å². The molecule has 2 aliphatic heterocycles. The third-order valence-corrected chi connectivity index (χ3v) is 7.33. The zero-order valence-electron chi connectivity index (χ0n) is 15.9. The highest BCUT2D eigenvalue weighted by molar-refractivity contribution is 7.89. The number of hydrogen-bond acceptors (Lipinski definition) is 5. The topological polar surface area (TPSA) is 79.6 Å². The number of benzene rings is 1. The lowest BCUT2D eigenvalue weighted by atomic mass is 10.0. The van der Waals surface area contributed by atoms with Crippen LogP contribution in [0.25, 0.3) is 0 Å². The van der Waals surface area contributed by atoms with Crippen LogP contribution in [-0.2, 0) is 25.9 Å². The largest absolute Gasteiger partial charge is 0.347 e. The highest BCUT2D eigenvalue weighted by Gasteiger charge is 2.42. The Kier molecular flexibility index (Phi) is 6.53. The highest BCUT2D eigenvalue weighted by atomic mass is 32.2. The molecule has 6 nitrogen and oxygen atoms in total. The Morgan fingerprint density at radius 1 is 1.15 bits per heavy atom. The number of aryl methyl sites for hydroxylation is 1. The molecule has 1 spiro atoms. The fourth-order valence-electron chi connectivity index (χ4n) is 3.79. The molecule has 27 heavy (non-hydrogen) atoms. The van der Waals surface area contributed by atoms with E-state index in [1.165, 1.54) is 4.31 Å². The lowest BCUT2D eigenvalue weighted by Crippen LogP contribution is -2.47. The molecule has 148 valence electrons. The molecule has 0 unspecified atom stereocenters. The molecule has 2 heterocycles. The second kappa shape index (κ2) is 8.70. The van der Waals surface area contributed by atoms with Gasteiger partial charge in [0.25, 0.3) is 0 Å². The number of nitriles is 1. The first-order valence-electron chi connectivity index (χ1n) is 9.82. The predicted molar refractivity (Wildman–Crippen MR) is 102 cm³/mol. The Balaban J connectivity index is 1.73. The van der Waals surface area contributed by atoms with Crippen LogP contribution in [0, 0.1) is 11.3 Å². The van der Waals surface area contributed by atoms with Crippen LogP contribution in [0.2, 0.25) is 0 Å². The van der Waals surface area contributed by atoms with Crippen molar-refractivity contribution >= 4 is 10.0 Å². The second-order valence-corrected chi connectivity index (χ2v) is 9.19. The van der Waals surface area contributed by atoms with Gasteiger partial charge in [-0.3, -0.25) is 0 Å². The van der Waals surface area contributed by atoms with Crippen LogP contribution in [0.1, 0.15) is 56.6 Å². The molecule has 0 amide bonds. The van der Waals surface area contributed by atoms with Gasteiger partial charge in [-0.1, -0.05) is 26.2 Å². The van der Waals surface area contributed by atoms with Gasteiger partial charge in [0.05, 0.1) is 29.7 Å².